The summed E-state index contributed by atoms with van der Waals surface area (Å²) in [5.41, 5.74) is 3.71. The van der Waals surface area contributed by atoms with Crippen molar-refractivity contribution in [3.05, 3.63) is 96.2 Å². The Labute approximate surface area is 216 Å². The Hall–Kier alpha value is -4.39. The van der Waals surface area contributed by atoms with Gasteiger partial charge < -0.3 is 20.1 Å². The second-order valence-corrected chi connectivity index (χ2v) is 9.58. The van der Waals surface area contributed by atoms with E-state index in [1.807, 2.05) is 92.7 Å². The number of H-pyrrole nitrogens is 1. The van der Waals surface area contributed by atoms with Gasteiger partial charge in [-0.25, -0.2) is 0 Å². The summed E-state index contributed by atoms with van der Waals surface area (Å²) in [5.74, 6) is -0.827. The van der Waals surface area contributed by atoms with Crippen LogP contribution in [0.15, 0.2) is 84.9 Å². The maximum Gasteiger partial charge on any atom is 0.268 e. The second kappa shape index (κ2) is 10.3. The summed E-state index contributed by atoms with van der Waals surface area (Å²) in [6.45, 7) is 3.78. The molecular weight excluding hydrogens is 464 g/mol. The molecule has 4 aromatic rings. The number of benzene rings is 3. The maximum atomic E-state index is 13.8. The molecule has 1 aliphatic heterocycles. The number of nitrogens with zero attached hydrogens (tertiary/aromatic N) is 2. The quantitative estimate of drug-likeness (QED) is 0.408. The first-order valence-electron chi connectivity index (χ1n) is 12.6. The summed E-state index contributed by atoms with van der Waals surface area (Å²) >= 11 is 0. The maximum absolute atomic E-state index is 13.8. The molecule has 2 heterocycles. The normalized spacial score (nSPS) is 15.4. The summed E-state index contributed by atoms with van der Waals surface area (Å²) in [5, 5.41) is 3.85. The molecule has 2 N–H and O–H groups in total. The third-order valence-corrected chi connectivity index (χ3v) is 6.74. The zero-order chi connectivity index (χ0) is 25.9. The van der Waals surface area contributed by atoms with Crippen molar-refractivity contribution >= 4 is 40.0 Å². The lowest BCUT2D eigenvalue weighted by molar-refractivity contribution is -0.123. The highest BCUT2D eigenvalue weighted by atomic mass is 16.2. The lowest BCUT2D eigenvalue weighted by Gasteiger charge is -2.31. The number of aromatic amines is 1. The van der Waals surface area contributed by atoms with Gasteiger partial charge in [-0.15, -0.1) is 0 Å². The van der Waals surface area contributed by atoms with Crippen molar-refractivity contribution in [2.45, 2.75) is 38.8 Å². The van der Waals surface area contributed by atoms with Gasteiger partial charge in [0.15, 0.2) is 0 Å². The number of nitrogens with one attached hydrogen (secondary N) is 2. The standard InChI is InChI=1S/C30H30N4O3/c1-20(2)34(23-12-4-3-5-13-23)28(35)19-33-27-15-9-7-10-21(27)16-17-25(30(33)37)32-29(36)26-18-22-11-6-8-14-24(22)31-26/h3-15,18,20,25,31H,16-17,19H2,1-2H3,(H,32,36). The third kappa shape index (κ3) is 4.98. The Morgan fingerprint density at radius 2 is 1.70 bits per heavy atom. The molecule has 7 nitrogen and oxygen atoms in total. The Morgan fingerprint density at radius 3 is 2.46 bits per heavy atom. The molecule has 1 unspecified atom stereocenters. The molecule has 0 fully saturated rings. The van der Waals surface area contributed by atoms with E-state index in [-0.39, 0.29) is 30.3 Å². The van der Waals surface area contributed by atoms with Crippen molar-refractivity contribution in [1.82, 2.24) is 10.3 Å². The van der Waals surface area contributed by atoms with Crippen molar-refractivity contribution in [2.24, 2.45) is 0 Å². The van der Waals surface area contributed by atoms with Crippen LogP contribution in [0, 0.1) is 0 Å². The lowest BCUT2D eigenvalue weighted by atomic mass is 10.1. The number of aryl methyl sites for hydroxylation is 1. The molecule has 7 heteroatoms. The molecule has 3 amide bonds. The molecule has 0 aliphatic carbocycles. The van der Waals surface area contributed by atoms with E-state index in [2.05, 4.69) is 10.3 Å². The van der Waals surface area contributed by atoms with Gasteiger partial charge in [-0.05, 0) is 62.6 Å². The number of rotatable bonds is 6. The van der Waals surface area contributed by atoms with Crippen LogP contribution in [0.1, 0.15) is 36.3 Å². The summed E-state index contributed by atoms with van der Waals surface area (Å²) in [4.78, 5) is 46.9. The molecular formula is C30H30N4O3. The molecule has 0 spiro atoms. The molecule has 1 aromatic heterocycles. The number of carbonyl (C=O) groups excluding carboxylic acids is 3. The number of anilines is 2. The van der Waals surface area contributed by atoms with Crippen molar-refractivity contribution in [3.63, 3.8) is 0 Å². The molecule has 0 bridgehead atoms. The molecule has 37 heavy (non-hydrogen) atoms. The van der Waals surface area contributed by atoms with E-state index >= 15 is 0 Å². The summed E-state index contributed by atoms with van der Waals surface area (Å²) in [6.07, 6.45) is 1.05. The number of hydrogen-bond donors (Lipinski definition) is 2. The number of fused-ring (bicyclic) bond motifs is 2. The Balaban J connectivity index is 1.42. The van der Waals surface area contributed by atoms with Gasteiger partial charge >= 0.3 is 0 Å². The first-order valence-corrected chi connectivity index (χ1v) is 12.6. The predicted octanol–water partition coefficient (Wildman–Crippen LogP) is 4.69. The van der Waals surface area contributed by atoms with Crippen LogP contribution < -0.4 is 15.1 Å². The van der Waals surface area contributed by atoms with Crippen LogP contribution in [-0.4, -0.2) is 41.3 Å². The zero-order valence-corrected chi connectivity index (χ0v) is 21.0. The zero-order valence-electron chi connectivity index (χ0n) is 21.0. The van der Waals surface area contributed by atoms with Crippen LogP contribution in [0.2, 0.25) is 0 Å². The molecule has 1 aliphatic rings. The van der Waals surface area contributed by atoms with Gasteiger partial charge in [0.25, 0.3) is 5.91 Å². The fourth-order valence-corrected chi connectivity index (χ4v) is 4.97. The second-order valence-electron chi connectivity index (χ2n) is 9.58. The highest BCUT2D eigenvalue weighted by molar-refractivity contribution is 6.08. The van der Waals surface area contributed by atoms with Crippen LogP contribution in [-0.2, 0) is 16.0 Å². The minimum atomic E-state index is -0.761. The predicted molar refractivity (Wildman–Crippen MR) is 146 cm³/mol. The minimum Gasteiger partial charge on any atom is -0.351 e. The summed E-state index contributed by atoms with van der Waals surface area (Å²) in [7, 11) is 0. The topological polar surface area (TPSA) is 85.5 Å². The van der Waals surface area contributed by atoms with Crippen molar-refractivity contribution in [3.8, 4) is 0 Å². The SMILES string of the molecule is CC(C)N(C(=O)CN1C(=O)C(NC(=O)c2cc3ccccc3[nH]2)CCc2ccccc21)c1ccccc1. The van der Waals surface area contributed by atoms with Crippen molar-refractivity contribution < 1.29 is 14.4 Å². The third-order valence-electron chi connectivity index (χ3n) is 6.74. The van der Waals surface area contributed by atoms with Crippen LogP contribution in [0.4, 0.5) is 11.4 Å². The van der Waals surface area contributed by atoms with E-state index < -0.39 is 6.04 Å². The number of amides is 3. The van der Waals surface area contributed by atoms with Gasteiger partial charge in [0, 0.05) is 28.3 Å². The number of carbonyl (C=O) groups is 3. The van der Waals surface area contributed by atoms with E-state index in [9.17, 15) is 14.4 Å². The van der Waals surface area contributed by atoms with Gasteiger partial charge in [-0.2, -0.15) is 0 Å². The van der Waals surface area contributed by atoms with E-state index in [1.54, 1.807) is 11.0 Å². The fraction of sp³-hybridized carbons (Fsp3) is 0.233. The van der Waals surface area contributed by atoms with E-state index in [4.69, 9.17) is 0 Å². The van der Waals surface area contributed by atoms with E-state index in [0.29, 0.717) is 24.2 Å². The molecule has 5 rings (SSSR count). The van der Waals surface area contributed by atoms with Gasteiger partial charge in [0.1, 0.15) is 18.3 Å². The van der Waals surface area contributed by atoms with Crippen molar-refractivity contribution in [1.29, 1.82) is 0 Å². The number of para-hydroxylation sites is 3. The molecule has 3 aromatic carbocycles. The first-order chi connectivity index (χ1) is 17.9. The average molecular weight is 495 g/mol. The van der Waals surface area contributed by atoms with Crippen LogP contribution in [0.25, 0.3) is 10.9 Å². The number of hydrogen-bond acceptors (Lipinski definition) is 3. The van der Waals surface area contributed by atoms with E-state index in [1.165, 1.54) is 4.90 Å². The monoisotopic (exact) mass is 494 g/mol. The van der Waals surface area contributed by atoms with Crippen LogP contribution in [0.3, 0.4) is 0 Å². The summed E-state index contributed by atoms with van der Waals surface area (Å²) < 4.78 is 0. The van der Waals surface area contributed by atoms with Crippen LogP contribution in [0.5, 0.6) is 0 Å². The smallest absolute Gasteiger partial charge is 0.268 e. The Kier molecular flexibility index (Phi) is 6.77. The minimum absolute atomic E-state index is 0.0928. The number of aromatic nitrogens is 1. The van der Waals surface area contributed by atoms with Gasteiger partial charge in [-0.3, -0.25) is 14.4 Å². The largest absolute Gasteiger partial charge is 0.351 e. The molecule has 0 saturated heterocycles. The first kappa shape index (κ1) is 24.3. The highest BCUT2D eigenvalue weighted by Gasteiger charge is 2.34. The molecule has 188 valence electrons. The molecule has 0 saturated carbocycles. The highest BCUT2D eigenvalue weighted by Crippen LogP contribution is 2.28. The van der Waals surface area contributed by atoms with Crippen LogP contribution >= 0.6 is 0 Å². The molecule has 0 radical (unpaired) electrons. The fourth-order valence-electron chi connectivity index (χ4n) is 4.97. The van der Waals surface area contributed by atoms with E-state index in [0.717, 1.165) is 22.2 Å². The lowest BCUT2D eigenvalue weighted by Crippen LogP contribution is -2.52. The summed E-state index contributed by atoms with van der Waals surface area (Å²) in [6, 6.07) is 25.7. The van der Waals surface area contributed by atoms with Gasteiger partial charge in [0.05, 0.1) is 0 Å². The molecule has 1 atom stereocenters. The average Bonchev–Trinajstić information content (AvgIpc) is 3.30. The van der Waals surface area contributed by atoms with Gasteiger partial charge in [-0.1, -0.05) is 54.6 Å². The van der Waals surface area contributed by atoms with Crippen molar-refractivity contribution in [2.75, 3.05) is 16.3 Å². The Morgan fingerprint density at radius 1 is 1.00 bits per heavy atom. The van der Waals surface area contributed by atoms with Gasteiger partial charge in [0.2, 0.25) is 11.8 Å². The Bertz CT molecular complexity index is 1410.